The Labute approximate surface area is 119 Å². The second-order valence-electron chi connectivity index (χ2n) is 5.08. The van der Waals surface area contributed by atoms with Crippen LogP contribution in [-0.2, 0) is 10.2 Å². The zero-order chi connectivity index (χ0) is 14.9. The summed E-state index contributed by atoms with van der Waals surface area (Å²) in [5, 5.41) is 3.78. The lowest BCUT2D eigenvalue weighted by Crippen LogP contribution is -2.52. The van der Waals surface area contributed by atoms with E-state index in [4.69, 9.17) is 4.52 Å². The monoisotopic (exact) mass is 303 g/mol. The van der Waals surface area contributed by atoms with E-state index in [9.17, 15) is 8.42 Å². The number of hydrogen-bond donors (Lipinski definition) is 0. The molecule has 0 saturated carbocycles. The van der Waals surface area contributed by atoms with Gasteiger partial charge in [0.15, 0.2) is 5.82 Å². The highest BCUT2D eigenvalue weighted by molar-refractivity contribution is 7.86. The molecular formula is C11H21N5O3S. The van der Waals surface area contributed by atoms with E-state index in [0.29, 0.717) is 37.9 Å². The number of aromatic nitrogens is 2. The van der Waals surface area contributed by atoms with Crippen LogP contribution in [0.15, 0.2) is 4.52 Å². The van der Waals surface area contributed by atoms with Gasteiger partial charge in [0.1, 0.15) is 0 Å². The Morgan fingerprint density at radius 3 is 2.30 bits per heavy atom. The van der Waals surface area contributed by atoms with Gasteiger partial charge in [-0.05, 0) is 13.8 Å². The first-order valence-corrected chi connectivity index (χ1v) is 7.94. The smallest absolute Gasteiger partial charge is 0.281 e. The lowest BCUT2D eigenvalue weighted by atomic mass is 10.2. The molecule has 1 aromatic rings. The lowest BCUT2D eigenvalue weighted by molar-refractivity contribution is 0.122. The highest BCUT2D eigenvalue weighted by Gasteiger charge is 2.31. The van der Waals surface area contributed by atoms with Crippen LogP contribution in [0.5, 0.6) is 0 Å². The molecule has 1 aliphatic heterocycles. The predicted molar refractivity (Wildman–Crippen MR) is 73.2 cm³/mol. The highest BCUT2D eigenvalue weighted by Crippen LogP contribution is 2.21. The van der Waals surface area contributed by atoms with Crippen molar-refractivity contribution in [3.05, 3.63) is 11.7 Å². The zero-order valence-corrected chi connectivity index (χ0v) is 13.1. The molecule has 0 amide bonds. The van der Waals surface area contributed by atoms with Crippen molar-refractivity contribution in [2.24, 2.45) is 0 Å². The molecule has 9 heteroatoms. The summed E-state index contributed by atoms with van der Waals surface area (Å²) >= 11 is 0. The van der Waals surface area contributed by atoms with Crippen LogP contribution in [0.1, 0.15) is 24.7 Å². The molecule has 1 fully saturated rings. The Bertz CT molecular complexity index is 548. The zero-order valence-electron chi connectivity index (χ0n) is 12.3. The quantitative estimate of drug-likeness (QED) is 0.770. The van der Waals surface area contributed by atoms with Crippen molar-refractivity contribution >= 4 is 10.2 Å². The van der Waals surface area contributed by atoms with Crippen molar-refractivity contribution in [2.45, 2.75) is 19.9 Å². The summed E-state index contributed by atoms with van der Waals surface area (Å²) in [6, 6.07) is 0.000380. The Balaban J connectivity index is 1.98. The first-order valence-electron chi connectivity index (χ1n) is 6.54. The average molecular weight is 303 g/mol. The van der Waals surface area contributed by atoms with E-state index < -0.39 is 10.2 Å². The molecule has 1 aliphatic rings. The van der Waals surface area contributed by atoms with Gasteiger partial charge in [-0.15, -0.1) is 0 Å². The van der Waals surface area contributed by atoms with Crippen molar-refractivity contribution in [2.75, 3.05) is 40.3 Å². The molecule has 1 aromatic heterocycles. The van der Waals surface area contributed by atoms with Crippen molar-refractivity contribution in [3.8, 4) is 0 Å². The van der Waals surface area contributed by atoms with Gasteiger partial charge in [0.25, 0.3) is 10.2 Å². The predicted octanol–water partition coefficient (Wildman–Crippen LogP) is -0.137. The fourth-order valence-electron chi connectivity index (χ4n) is 2.19. The Hall–Kier alpha value is -1.03. The largest absolute Gasteiger partial charge is 0.338 e. The average Bonchev–Trinajstić information content (AvgIpc) is 2.84. The summed E-state index contributed by atoms with van der Waals surface area (Å²) < 4.78 is 32.0. The summed E-state index contributed by atoms with van der Waals surface area (Å²) in [6.07, 6.45) is 0. The van der Waals surface area contributed by atoms with E-state index in [2.05, 4.69) is 15.0 Å². The van der Waals surface area contributed by atoms with Crippen LogP contribution < -0.4 is 0 Å². The maximum absolute atomic E-state index is 12.0. The molecule has 2 heterocycles. The number of piperazine rings is 1. The third-order valence-corrected chi connectivity index (χ3v) is 5.45. The molecule has 1 saturated heterocycles. The van der Waals surface area contributed by atoms with Gasteiger partial charge < -0.3 is 4.52 Å². The molecule has 0 aliphatic carbocycles. The van der Waals surface area contributed by atoms with Gasteiger partial charge in [0, 0.05) is 40.3 Å². The van der Waals surface area contributed by atoms with Crippen molar-refractivity contribution in [1.29, 1.82) is 0 Å². The van der Waals surface area contributed by atoms with Gasteiger partial charge in [-0.25, -0.2) is 0 Å². The molecule has 0 radical (unpaired) electrons. The number of hydrogen-bond acceptors (Lipinski definition) is 6. The maximum atomic E-state index is 12.0. The summed E-state index contributed by atoms with van der Waals surface area (Å²) in [6.45, 7) is 6.01. The van der Waals surface area contributed by atoms with E-state index in [1.54, 1.807) is 21.0 Å². The van der Waals surface area contributed by atoms with E-state index in [-0.39, 0.29) is 6.04 Å². The highest BCUT2D eigenvalue weighted by atomic mass is 32.2. The topological polar surface area (TPSA) is 82.8 Å². The molecule has 20 heavy (non-hydrogen) atoms. The third kappa shape index (κ3) is 3.00. The van der Waals surface area contributed by atoms with E-state index in [1.165, 1.54) is 8.61 Å². The lowest BCUT2D eigenvalue weighted by Gasteiger charge is -2.36. The second-order valence-corrected chi connectivity index (χ2v) is 7.22. The summed E-state index contributed by atoms with van der Waals surface area (Å²) in [5.74, 6) is 1.19. The first kappa shape index (κ1) is 15.4. The molecular weight excluding hydrogens is 282 g/mol. The molecule has 0 aromatic carbocycles. The summed E-state index contributed by atoms with van der Waals surface area (Å²) in [4.78, 5) is 6.37. The molecule has 114 valence electrons. The van der Waals surface area contributed by atoms with Crippen molar-refractivity contribution in [1.82, 2.24) is 23.7 Å². The Kier molecular flexibility index (Phi) is 4.43. The second kappa shape index (κ2) is 5.76. The minimum absolute atomic E-state index is 0.000380. The van der Waals surface area contributed by atoms with Crippen LogP contribution >= 0.6 is 0 Å². The first-order chi connectivity index (χ1) is 9.32. The van der Waals surface area contributed by atoms with Crippen LogP contribution in [0.2, 0.25) is 0 Å². The van der Waals surface area contributed by atoms with Gasteiger partial charge in [-0.1, -0.05) is 5.16 Å². The molecule has 8 nitrogen and oxygen atoms in total. The molecule has 1 atom stereocenters. The number of nitrogens with zero attached hydrogens (tertiary/aromatic N) is 5. The molecule has 2 rings (SSSR count). The molecule has 1 unspecified atom stereocenters. The van der Waals surface area contributed by atoms with Gasteiger partial charge in [0.2, 0.25) is 5.89 Å². The van der Waals surface area contributed by atoms with E-state index in [1.807, 2.05) is 6.92 Å². The van der Waals surface area contributed by atoms with Crippen LogP contribution in [0.25, 0.3) is 0 Å². The Morgan fingerprint density at radius 2 is 1.85 bits per heavy atom. The van der Waals surface area contributed by atoms with Gasteiger partial charge in [-0.2, -0.15) is 22.0 Å². The number of aryl methyl sites for hydroxylation is 1. The van der Waals surface area contributed by atoms with Crippen LogP contribution in [0, 0.1) is 6.92 Å². The summed E-state index contributed by atoms with van der Waals surface area (Å²) in [7, 11) is -0.227. The fraction of sp³-hybridized carbons (Fsp3) is 0.818. The third-order valence-electron chi connectivity index (χ3n) is 3.51. The Morgan fingerprint density at radius 1 is 1.25 bits per heavy atom. The minimum atomic E-state index is -3.32. The van der Waals surface area contributed by atoms with Gasteiger partial charge >= 0.3 is 0 Å². The van der Waals surface area contributed by atoms with Crippen LogP contribution in [-0.4, -0.2) is 72.3 Å². The van der Waals surface area contributed by atoms with Crippen molar-refractivity contribution in [3.63, 3.8) is 0 Å². The normalized spacial score (nSPS) is 20.4. The van der Waals surface area contributed by atoms with Crippen molar-refractivity contribution < 1.29 is 12.9 Å². The summed E-state index contributed by atoms with van der Waals surface area (Å²) in [5.41, 5.74) is 0. The standard InChI is InChI=1S/C11H21N5O3S/c1-9(11-12-10(2)13-19-11)15-5-7-16(8-6-15)20(17,18)14(3)4/h9H,5-8H2,1-4H3. The molecule has 0 N–H and O–H groups in total. The van der Waals surface area contributed by atoms with Crippen LogP contribution in [0.3, 0.4) is 0 Å². The van der Waals surface area contributed by atoms with E-state index >= 15 is 0 Å². The van der Waals surface area contributed by atoms with Gasteiger partial charge in [0.05, 0.1) is 6.04 Å². The van der Waals surface area contributed by atoms with Crippen LogP contribution in [0.4, 0.5) is 0 Å². The fourth-order valence-corrected chi connectivity index (χ4v) is 3.28. The molecule has 0 bridgehead atoms. The van der Waals surface area contributed by atoms with E-state index in [0.717, 1.165) is 0 Å². The SMILES string of the molecule is Cc1noc(C(C)N2CCN(S(=O)(=O)N(C)C)CC2)n1. The molecule has 0 spiro atoms. The minimum Gasteiger partial charge on any atom is -0.338 e. The maximum Gasteiger partial charge on any atom is 0.281 e. The number of rotatable bonds is 4. The van der Waals surface area contributed by atoms with Gasteiger partial charge in [-0.3, -0.25) is 4.90 Å².